The predicted molar refractivity (Wildman–Crippen MR) is 52.3 cm³/mol. The fourth-order valence-corrected chi connectivity index (χ4v) is 1.11. The molecule has 88 valence electrons. The van der Waals surface area contributed by atoms with Crippen molar-refractivity contribution >= 4 is 5.71 Å². The van der Waals surface area contributed by atoms with Gasteiger partial charge in [0.1, 0.15) is 12.9 Å². The molecule has 0 saturated carbocycles. The van der Waals surface area contributed by atoms with Gasteiger partial charge in [-0.1, -0.05) is 17.3 Å². The zero-order valence-corrected chi connectivity index (χ0v) is 8.71. The number of halogens is 3. The largest absolute Gasteiger partial charge is 0.573 e. The van der Waals surface area contributed by atoms with E-state index >= 15 is 0 Å². The lowest BCUT2D eigenvalue weighted by molar-refractivity contribution is -0.274. The number of rotatable bonds is 3. The molecule has 0 heterocycles. The van der Waals surface area contributed by atoms with E-state index in [1.807, 2.05) is 0 Å². The molecule has 1 aromatic rings. The van der Waals surface area contributed by atoms with Crippen molar-refractivity contribution in [3.8, 4) is 5.75 Å². The number of alkyl halides is 3. The third-order valence-electron chi connectivity index (χ3n) is 1.71. The van der Waals surface area contributed by atoms with E-state index in [-0.39, 0.29) is 5.75 Å². The van der Waals surface area contributed by atoms with Crippen molar-refractivity contribution in [2.24, 2.45) is 5.16 Å². The molecule has 0 unspecified atom stereocenters. The number of oxime groups is 1. The summed E-state index contributed by atoms with van der Waals surface area (Å²) >= 11 is 0. The van der Waals surface area contributed by atoms with Crippen LogP contribution in [0, 0.1) is 0 Å². The highest BCUT2D eigenvalue weighted by Crippen LogP contribution is 2.23. The Labute approximate surface area is 90.5 Å². The first-order valence-electron chi connectivity index (χ1n) is 4.36. The second-order valence-electron chi connectivity index (χ2n) is 2.93. The van der Waals surface area contributed by atoms with Gasteiger partial charge in [-0.3, -0.25) is 0 Å². The first-order chi connectivity index (χ1) is 7.42. The zero-order chi connectivity index (χ0) is 12.2. The Balaban J connectivity index is 2.91. The van der Waals surface area contributed by atoms with E-state index in [0.717, 1.165) is 0 Å². The summed E-state index contributed by atoms with van der Waals surface area (Å²) in [5.41, 5.74) is 0.971. The lowest BCUT2D eigenvalue weighted by Gasteiger charge is -2.09. The summed E-state index contributed by atoms with van der Waals surface area (Å²) in [7, 11) is 1.36. The van der Waals surface area contributed by atoms with Crippen LogP contribution in [0.5, 0.6) is 5.75 Å². The highest BCUT2D eigenvalue weighted by atomic mass is 19.4. The molecular formula is C10H10F3NO2. The molecular weight excluding hydrogens is 223 g/mol. The number of ether oxygens (including phenoxy) is 1. The monoisotopic (exact) mass is 233 g/mol. The summed E-state index contributed by atoms with van der Waals surface area (Å²) in [4.78, 5) is 4.52. The van der Waals surface area contributed by atoms with Gasteiger partial charge >= 0.3 is 6.36 Å². The van der Waals surface area contributed by atoms with Crippen molar-refractivity contribution in [1.82, 2.24) is 0 Å². The first kappa shape index (κ1) is 12.4. The van der Waals surface area contributed by atoms with Gasteiger partial charge in [-0.15, -0.1) is 13.2 Å². The van der Waals surface area contributed by atoms with Gasteiger partial charge < -0.3 is 9.57 Å². The molecule has 16 heavy (non-hydrogen) atoms. The normalized spacial score (nSPS) is 12.4. The number of benzene rings is 1. The Morgan fingerprint density at radius 2 is 2.00 bits per heavy atom. The van der Waals surface area contributed by atoms with Crippen LogP contribution in [0.2, 0.25) is 0 Å². The molecule has 6 heteroatoms. The van der Waals surface area contributed by atoms with Gasteiger partial charge in [-0.25, -0.2) is 0 Å². The van der Waals surface area contributed by atoms with Crippen molar-refractivity contribution in [1.29, 1.82) is 0 Å². The summed E-state index contributed by atoms with van der Waals surface area (Å²) in [6, 6.07) is 5.52. The maximum Gasteiger partial charge on any atom is 0.573 e. The predicted octanol–water partition coefficient (Wildman–Crippen LogP) is 2.96. The first-order valence-corrected chi connectivity index (χ1v) is 4.36. The second kappa shape index (κ2) is 4.87. The fourth-order valence-electron chi connectivity index (χ4n) is 1.11. The van der Waals surface area contributed by atoms with Crippen molar-refractivity contribution in [3.05, 3.63) is 29.8 Å². The van der Waals surface area contributed by atoms with Gasteiger partial charge in [0.25, 0.3) is 0 Å². The number of hydrogen-bond acceptors (Lipinski definition) is 3. The maximum absolute atomic E-state index is 11.9. The average molecular weight is 233 g/mol. The molecule has 0 bridgehead atoms. The van der Waals surface area contributed by atoms with E-state index in [4.69, 9.17) is 0 Å². The molecule has 0 fully saturated rings. The number of nitrogens with zero attached hydrogens (tertiary/aromatic N) is 1. The molecule has 0 atom stereocenters. The zero-order valence-electron chi connectivity index (χ0n) is 8.71. The summed E-state index contributed by atoms with van der Waals surface area (Å²) in [5, 5.41) is 3.61. The Morgan fingerprint density at radius 1 is 1.31 bits per heavy atom. The van der Waals surface area contributed by atoms with Crippen molar-refractivity contribution in [2.45, 2.75) is 13.3 Å². The Hall–Kier alpha value is -1.72. The molecule has 0 aliphatic carbocycles. The standard InChI is InChI=1S/C10H10F3NO2/c1-7(14-15-2)8-4-3-5-9(6-8)16-10(11,12)13/h3-6H,1-2H3/b14-7+. The quantitative estimate of drug-likeness (QED) is 0.593. The minimum absolute atomic E-state index is 0.282. The van der Waals surface area contributed by atoms with Crippen LogP contribution in [0.4, 0.5) is 13.2 Å². The molecule has 0 aromatic heterocycles. The van der Waals surface area contributed by atoms with Crippen LogP contribution in [-0.2, 0) is 4.84 Å². The highest BCUT2D eigenvalue weighted by molar-refractivity contribution is 5.98. The summed E-state index contributed by atoms with van der Waals surface area (Å²) in [6.07, 6.45) is -4.69. The maximum atomic E-state index is 11.9. The molecule has 1 rings (SSSR count). The Kier molecular flexibility index (Phi) is 3.76. The van der Waals surface area contributed by atoms with E-state index < -0.39 is 6.36 Å². The van der Waals surface area contributed by atoms with Crippen molar-refractivity contribution < 1.29 is 22.7 Å². The van der Waals surface area contributed by atoms with Gasteiger partial charge in [0.15, 0.2) is 0 Å². The van der Waals surface area contributed by atoms with Gasteiger partial charge in [-0.2, -0.15) is 0 Å². The highest BCUT2D eigenvalue weighted by Gasteiger charge is 2.31. The molecule has 0 aliphatic heterocycles. The molecule has 0 N–H and O–H groups in total. The van der Waals surface area contributed by atoms with Gasteiger partial charge in [0.05, 0.1) is 5.71 Å². The van der Waals surface area contributed by atoms with Crippen LogP contribution in [0.3, 0.4) is 0 Å². The Morgan fingerprint density at radius 3 is 2.56 bits per heavy atom. The summed E-state index contributed by atoms with van der Waals surface area (Å²) in [5.74, 6) is -0.282. The summed E-state index contributed by atoms with van der Waals surface area (Å²) in [6.45, 7) is 1.62. The van der Waals surface area contributed by atoms with Crippen LogP contribution in [-0.4, -0.2) is 19.2 Å². The minimum atomic E-state index is -4.69. The lowest BCUT2D eigenvalue weighted by Crippen LogP contribution is -2.17. The lowest BCUT2D eigenvalue weighted by atomic mass is 10.1. The van der Waals surface area contributed by atoms with Crippen LogP contribution in [0.1, 0.15) is 12.5 Å². The topological polar surface area (TPSA) is 30.8 Å². The van der Waals surface area contributed by atoms with E-state index in [1.54, 1.807) is 13.0 Å². The minimum Gasteiger partial charge on any atom is -0.406 e. The SMILES string of the molecule is CO/N=C(\C)c1cccc(OC(F)(F)F)c1. The van der Waals surface area contributed by atoms with Crippen LogP contribution >= 0.6 is 0 Å². The van der Waals surface area contributed by atoms with Gasteiger partial charge in [-0.05, 0) is 19.1 Å². The molecule has 3 nitrogen and oxygen atoms in total. The fraction of sp³-hybridized carbons (Fsp3) is 0.300. The smallest absolute Gasteiger partial charge is 0.406 e. The van der Waals surface area contributed by atoms with Crippen LogP contribution < -0.4 is 4.74 Å². The van der Waals surface area contributed by atoms with E-state index in [2.05, 4.69) is 14.7 Å². The molecule has 0 radical (unpaired) electrons. The Bertz CT molecular complexity index is 388. The van der Waals surface area contributed by atoms with Crippen LogP contribution in [0.15, 0.2) is 29.4 Å². The van der Waals surface area contributed by atoms with Crippen molar-refractivity contribution in [3.63, 3.8) is 0 Å². The summed E-state index contributed by atoms with van der Waals surface area (Å²) < 4.78 is 39.6. The molecule has 1 aromatic carbocycles. The molecule has 0 spiro atoms. The van der Waals surface area contributed by atoms with E-state index in [9.17, 15) is 13.2 Å². The average Bonchev–Trinajstić information content (AvgIpc) is 2.16. The van der Waals surface area contributed by atoms with Gasteiger partial charge in [0.2, 0.25) is 0 Å². The van der Waals surface area contributed by atoms with E-state index in [1.165, 1.54) is 25.3 Å². The van der Waals surface area contributed by atoms with E-state index in [0.29, 0.717) is 11.3 Å². The van der Waals surface area contributed by atoms with Crippen molar-refractivity contribution in [2.75, 3.05) is 7.11 Å². The molecule has 0 amide bonds. The molecule has 0 aliphatic rings. The second-order valence-corrected chi connectivity index (χ2v) is 2.93. The third kappa shape index (κ3) is 3.80. The van der Waals surface area contributed by atoms with Crippen LogP contribution in [0.25, 0.3) is 0 Å². The number of hydrogen-bond donors (Lipinski definition) is 0. The molecule has 0 saturated heterocycles. The third-order valence-corrected chi connectivity index (χ3v) is 1.71. The van der Waals surface area contributed by atoms with Gasteiger partial charge in [0, 0.05) is 5.56 Å².